The number of hydrazone groups is 1. The van der Waals surface area contributed by atoms with E-state index < -0.39 is 5.91 Å². The number of rotatable bonds is 8. The number of fused-ring (bicyclic) bond motifs is 1. The summed E-state index contributed by atoms with van der Waals surface area (Å²) in [6, 6.07) is 12.3. The average molecular weight is 422 g/mol. The summed E-state index contributed by atoms with van der Waals surface area (Å²) in [4.78, 5) is 25.1. The van der Waals surface area contributed by atoms with E-state index in [0.29, 0.717) is 41.3 Å². The molecule has 0 aliphatic rings. The van der Waals surface area contributed by atoms with Gasteiger partial charge in [-0.25, -0.2) is 10.1 Å². The van der Waals surface area contributed by atoms with Crippen LogP contribution in [-0.4, -0.2) is 35.6 Å². The molecule has 162 valence electrons. The zero-order valence-corrected chi connectivity index (χ0v) is 18.1. The maximum atomic E-state index is 12.7. The molecule has 8 nitrogen and oxygen atoms in total. The van der Waals surface area contributed by atoms with Gasteiger partial charge in [0.1, 0.15) is 0 Å². The van der Waals surface area contributed by atoms with Gasteiger partial charge in [-0.3, -0.25) is 9.59 Å². The maximum absolute atomic E-state index is 12.7. The molecule has 1 heterocycles. The van der Waals surface area contributed by atoms with Crippen molar-refractivity contribution < 1.29 is 14.3 Å². The van der Waals surface area contributed by atoms with Crippen molar-refractivity contribution in [1.82, 2.24) is 15.2 Å². The van der Waals surface area contributed by atoms with Crippen molar-refractivity contribution in [2.45, 2.75) is 27.3 Å². The summed E-state index contributed by atoms with van der Waals surface area (Å²) in [6.45, 7) is 6.88. The van der Waals surface area contributed by atoms with E-state index in [1.54, 1.807) is 50.4 Å². The lowest BCUT2D eigenvalue weighted by Gasteiger charge is -2.12. The van der Waals surface area contributed by atoms with E-state index >= 15 is 0 Å². The molecule has 0 atom stereocenters. The summed E-state index contributed by atoms with van der Waals surface area (Å²) in [5.74, 6) is 1.12. The predicted octanol–water partition coefficient (Wildman–Crippen LogP) is 3.22. The predicted molar refractivity (Wildman–Crippen MR) is 120 cm³/mol. The van der Waals surface area contributed by atoms with Crippen LogP contribution in [0.25, 0.3) is 10.8 Å². The van der Waals surface area contributed by atoms with Crippen LogP contribution in [0.2, 0.25) is 0 Å². The Morgan fingerprint density at radius 1 is 1.19 bits per heavy atom. The Bertz CT molecular complexity index is 1170. The molecule has 1 N–H and O–H groups in total. The number of amides is 1. The number of nitrogens with one attached hydrogen (secondary N) is 1. The minimum atomic E-state index is -0.501. The van der Waals surface area contributed by atoms with Crippen molar-refractivity contribution in [3.05, 3.63) is 64.1 Å². The van der Waals surface area contributed by atoms with Crippen LogP contribution in [-0.2, 0) is 6.54 Å². The van der Waals surface area contributed by atoms with Gasteiger partial charge in [0.05, 0.1) is 25.3 Å². The summed E-state index contributed by atoms with van der Waals surface area (Å²) >= 11 is 0. The lowest BCUT2D eigenvalue weighted by Crippen LogP contribution is -2.28. The average Bonchev–Trinajstić information content (AvgIpc) is 2.78. The number of ether oxygens (including phenoxy) is 2. The molecular weight excluding hydrogens is 396 g/mol. The van der Waals surface area contributed by atoms with Crippen molar-refractivity contribution in [2.24, 2.45) is 11.0 Å². The molecule has 0 aliphatic carbocycles. The molecule has 0 unspecified atom stereocenters. The van der Waals surface area contributed by atoms with Crippen LogP contribution in [0.1, 0.15) is 36.8 Å². The monoisotopic (exact) mass is 422 g/mol. The first-order chi connectivity index (χ1) is 14.9. The lowest BCUT2D eigenvalue weighted by molar-refractivity contribution is 0.0949. The normalized spacial score (nSPS) is 11.3. The molecule has 1 amide bonds. The van der Waals surface area contributed by atoms with Crippen LogP contribution in [0.15, 0.2) is 52.4 Å². The van der Waals surface area contributed by atoms with Crippen LogP contribution in [0.3, 0.4) is 0 Å². The fraction of sp³-hybridized carbons (Fsp3) is 0.304. The van der Waals surface area contributed by atoms with Crippen molar-refractivity contribution in [3.63, 3.8) is 0 Å². The third-order valence-electron chi connectivity index (χ3n) is 4.52. The molecule has 0 aliphatic heterocycles. The standard InChI is InChI=1S/C23H26N4O4/c1-5-27-23(29)18-9-7-6-8-17(18)21(26-27)22(28)25-24-13-16-10-11-19(20(12-16)30-4)31-14-15(2)3/h6-13,15H,5,14H2,1-4H3,(H,25,28)/b24-13-. The first kappa shape index (κ1) is 22.0. The second kappa shape index (κ2) is 9.88. The van der Waals surface area contributed by atoms with Gasteiger partial charge in [0.15, 0.2) is 17.2 Å². The Hall–Kier alpha value is -3.68. The van der Waals surface area contributed by atoms with Gasteiger partial charge in [0, 0.05) is 11.9 Å². The molecule has 0 saturated carbocycles. The highest BCUT2D eigenvalue weighted by atomic mass is 16.5. The van der Waals surface area contributed by atoms with Gasteiger partial charge in [0.25, 0.3) is 11.5 Å². The van der Waals surface area contributed by atoms with Crippen LogP contribution >= 0.6 is 0 Å². The molecule has 3 aromatic rings. The molecular formula is C23H26N4O4. The summed E-state index contributed by atoms with van der Waals surface area (Å²) < 4.78 is 12.4. The molecule has 3 rings (SSSR count). The summed E-state index contributed by atoms with van der Waals surface area (Å²) in [5.41, 5.74) is 3.12. The second-order valence-electron chi connectivity index (χ2n) is 7.33. The molecule has 0 fully saturated rings. The fourth-order valence-electron chi connectivity index (χ4n) is 2.98. The van der Waals surface area contributed by atoms with Crippen molar-refractivity contribution >= 4 is 22.9 Å². The number of carbonyl (C=O) groups excluding carboxylic acids is 1. The summed E-state index contributed by atoms with van der Waals surface area (Å²) in [5, 5.41) is 9.16. The Morgan fingerprint density at radius 2 is 1.94 bits per heavy atom. The zero-order chi connectivity index (χ0) is 22.4. The SMILES string of the molecule is CCn1nc(C(=O)N/N=C\c2ccc(OCC(C)C)c(OC)c2)c2ccccc2c1=O. The highest BCUT2D eigenvalue weighted by Gasteiger charge is 2.15. The van der Waals surface area contributed by atoms with E-state index in [0.717, 1.165) is 5.56 Å². The van der Waals surface area contributed by atoms with Gasteiger partial charge in [-0.2, -0.15) is 10.2 Å². The van der Waals surface area contributed by atoms with Gasteiger partial charge in [-0.1, -0.05) is 32.0 Å². The molecule has 0 spiro atoms. The lowest BCUT2D eigenvalue weighted by atomic mass is 10.1. The third kappa shape index (κ3) is 5.09. The highest BCUT2D eigenvalue weighted by molar-refractivity contribution is 6.04. The number of nitrogens with zero attached hydrogens (tertiary/aromatic N) is 3. The number of carbonyl (C=O) groups is 1. The first-order valence-electron chi connectivity index (χ1n) is 10.1. The maximum Gasteiger partial charge on any atom is 0.292 e. The first-order valence-corrected chi connectivity index (χ1v) is 10.1. The van der Waals surface area contributed by atoms with Crippen molar-refractivity contribution in [3.8, 4) is 11.5 Å². The number of aryl methyl sites for hydroxylation is 1. The highest BCUT2D eigenvalue weighted by Crippen LogP contribution is 2.28. The molecule has 1 aromatic heterocycles. The minimum absolute atomic E-state index is 0.143. The van der Waals surface area contributed by atoms with Crippen molar-refractivity contribution in [1.29, 1.82) is 0 Å². The van der Waals surface area contributed by atoms with Crippen LogP contribution in [0.5, 0.6) is 11.5 Å². The van der Waals surface area contributed by atoms with Gasteiger partial charge in [0.2, 0.25) is 0 Å². The quantitative estimate of drug-likeness (QED) is 0.444. The summed E-state index contributed by atoms with van der Waals surface area (Å²) in [7, 11) is 1.57. The molecule has 0 saturated heterocycles. The Morgan fingerprint density at radius 3 is 2.61 bits per heavy atom. The van der Waals surface area contributed by atoms with E-state index in [9.17, 15) is 9.59 Å². The Labute approximate surface area is 180 Å². The van der Waals surface area contributed by atoms with Gasteiger partial charge < -0.3 is 9.47 Å². The number of hydrogen-bond donors (Lipinski definition) is 1. The summed E-state index contributed by atoms with van der Waals surface area (Å²) in [6.07, 6.45) is 1.50. The number of benzene rings is 2. The van der Waals surface area contributed by atoms with E-state index in [1.165, 1.54) is 10.9 Å². The van der Waals surface area contributed by atoms with Crippen molar-refractivity contribution in [2.75, 3.05) is 13.7 Å². The Balaban J connectivity index is 1.80. The smallest absolute Gasteiger partial charge is 0.292 e. The minimum Gasteiger partial charge on any atom is -0.493 e. The molecule has 0 radical (unpaired) electrons. The van der Waals surface area contributed by atoms with Crippen LogP contribution < -0.4 is 20.5 Å². The van der Waals surface area contributed by atoms with Gasteiger partial charge >= 0.3 is 0 Å². The number of aromatic nitrogens is 2. The van der Waals surface area contributed by atoms with Crippen LogP contribution in [0.4, 0.5) is 0 Å². The molecule has 0 bridgehead atoms. The largest absolute Gasteiger partial charge is 0.493 e. The topological polar surface area (TPSA) is 94.8 Å². The van der Waals surface area contributed by atoms with E-state index in [-0.39, 0.29) is 11.3 Å². The second-order valence-corrected chi connectivity index (χ2v) is 7.33. The fourth-order valence-corrected chi connectivity index (χ4v) is 2.98. The molecule has 31 heavy (non-hydrogen) atoms. The van der Waals surface area contributed by atoms with E-state index in [2.05, 4.69) is 29.5 Å². The third-order valence-corrected chi connectivity index (χ3v) is 4.52. The van der Waals surface area contributed by atoms with Gasteiger partial charge in [-0.15, -0.1) is 0 Å². The van der Waals surface area contributed by atoms with E-state index in [1.807, 2.05) is 6.07 Å². The Kier molecular flexibility index (Phi) is 7.02. The molecule has 2 aromatic carbocycles. The number of methoxy groups -OCH3 is 1. The number of hydrogen-bond acceptors (Lipinski definition) is 6. The molecule has 8 heteroatoms. The van der Waals surface area contributed by atoms with Gasteiger partial charge in [-0.05, 0) is 42.7 Å². The zero-order valence-electron chi connectivity index (χ0n) is 18.1. The van der Waals surface area contributed by atoms with E-state index in [4.69, 9.17) is 9.47 Å². The van der Waals surface area contributed by atoms with Crippen LogP contribution in [0, 0.1) is 5.92 Å².